The van der Waals surface area contributed by atoms with E-state index in [1.165, 1.54) is 0 Å². The average molecular weight is 220 g/mol. The Labute approximate surface area is 96.9 Å². The zero-order valence-corrected chi connectivity index (χ0v) is 10.1. The second-order valence-electron chi connectivity index (χ2n) is 5.00. The average Bonchev–Trinajstić information content (AvgIpc) is 2.30. The third kappa shape index (κ3) is 2.32. The van der Waals surface area contributed by atoms with Gasteiger partial charge in [0.25, 0.3) is 0 Å². The summed E-state index contributed by atoms with van der Waals surface area (Å²) in [7, 11) is 0. The molecule has 1 saturated heterocycles. The maximum Gasteiger partial charge on any atom is 0.225 e. The predicted molar refractivity (Wildman–Crippen MR) is 65.4 cm³/mol. The van der Waals surface area contributed by atoms with Crippen molar-refractivity contribution in [1.29, 1.82) is 0 Å². The van der Waals surface area contributed by atoms with Gasteiger partial charge < -0.3 is 10.6 Å². The molecule has 1 fully saturated rings. The summed E-state index contributed by atoms with van der Waals surface area (Å²) in [5, 5.41) is 0. The maximum absolute atomic E-state index is 5.80. The van der Waals surface area contributed by atoms with Gasteiger partial charge in [0, 0.05) is 25.0 Å². The van der Waals surface area contributed by atoms with Crippen LogP contribution in [0.25, 0.3) is 0 Å². The van der Waals surface area contributed by atoms with Crippen molar-refractivity contribution in [3.05, 3.63) is 18.0 Å². The Morgan fingerprint density at radius 1 is 1.44 bits per heavy atom. The molecule has 16 heavy (non-hydrogen) atoms. The van der Waals surface area contributed by atoms with E-state index in [-0.39, 0.29) is 0 Å². The predicted octanol–water partition coefficient (Wildman–Crippen LogP) is 1.35. The van der Waals surface area contributed by atoms with Gasteiger partial charge in [-0.1, -0.05) is 6.92 Å². The molecule has 1 aliphatic rings. The lowest BCUT2D eigenvalue weighted by Gasteiger charge is -2.38. The molecule has 0 spiro atoms. The molecule has 2 rings (SSSR count). The molecule has 0 aromatic carbocycles. The van der Waals surface area contributed by atoms with Crippen molar-refractivity contribution in [2.24, 2.45) is 11.1 Å². The molecule has 0 atom stereocenters. The van der Waals surface area contributed by atoms with Gasteiger partial charge in [-0.3, -0.25) is 0 Å². The highest BCUT2D eigenvalue weighted by molar-refractivity contribution is 5.30. The van der Waals surface area contributed by atoms with Gasteiger partial charge in [-0.25, -0.2) is 9.97 Å². The van der Waals surface area contributed by atoms with E-state index in [4.69, 9.17) is 5.73 Å². The lowest BCUT2D eigenvalue weighted by atomic mass is 9.81. The van der Waals surface area contributed by atoms with E-state index in [1.54, 1.807) is 0 Å². The van der Waals surface area contributed by atoms with Gasteiger partial charge in [-0.05, 0) is 37.8 Å². The Morgan fingerprint density at radius 2 is 2.12 bits per heavy atom. The molecule has 2 heterocycles. The van der Waals surface area contributed by atoms with Crippen molar-refractivity contribution in [2.75, 3.05) is 24.5 Å². The molecular weight excluding hydrogens is 200 g/mol. The Hall–Kier alpha value is -1.16. The number of nitrogens with zero attached hydrogens (tertiary/aromatic N) is 3. The topological polar surface area (TPSA) is 55.0 Å². The van der Waals surface area contributed by atoms with Crippen molar-refractivity contribution >= 4 is 5.95 Å². The fourth-order valence-corrected chi connectivity index (χ4v) is 2.04. The van der Waals surface area contributed by atoms with Crippen LogP contribution in [0.15, 0.2) is 12.3 Å². The largest absolute Gasteiger partial charge is 0.341 e. The number of piperidine rings is 1. The summed E-state index contributed by atoms with van der Waals surface area (Å²) in [6.07, 6.45) is 4.08. The van der Waals surface area contributed by atoms with E-state index < -0.39 is 0 Å². The minimum Gasteiger partial charge on any atom is -0.341 e. The first-order valence-electron chi connectivity index (χ1n) is 5.88. The van der Waals surface area contributed by atoms with E-state index in [0.29, 0.717) is 5.41 Å². The fraction of sp³-hybridized carbons (Fsp3) is 0.667. The monoisotopic (exact) mass is 220 g/mol. The first-order valence-corrected chi connectivity index (χ1v) is 5.88. The van der Waals surface area contributed by atoms with Crippen LogP contribution < -0.4 is 10.6 Å². The Balaban J connectivity index is 2.04. The van der Waals surface area contributed by atoms with Crippen LogP contribution in [-0.4, -0.2) is 29.6 Å². The van der Waals surface area contributed by atoms with Gasteiger partial charge in [-0.15, -0.1) is 0 Å². The van der Waals surface area contributed by atoms with Gasteiger partial charge in [0.1, 0.15) is 0 Å². The first-order chi connectivity index (χ1) is 7.63. The Morgan fingerprint density at radius 3 is 2.69 bits per heavy atom. The minimum absolute atomic E-state index is 0.306. The summed E-state index contributed by atoms with van der Waals surface area (Å²) < 4.78 is 0. The van der Waals surface area contributed by atoms with Gasteiger partial charge in [-0.2, -0.15) is 0 Å². The third-order valence-electron chi connectivity index (χ3n) is 3.53. The summed E-state index contributed by atoms with van der Waals surface area (Å²) >= 11 is 0. The molecule has 0 bridgehead atoms. The van der Waals surface area contributed by atoms with E-state index in [9.17, 15) is 0 Å². The summed E-state index contributed by atoms with van der Waals surface area (Å²) in [6, 6.07) is 1.93. The van der Waals surface area contributed by atoms with Gasteiger partial charge in [0.2, 0.25) is 5.95 Å². The summed E-state index contributed by atoms with van der Waals surface area (Å²) in [6.45, 7) is 7.06. The van der Waals surface area contributed by atoms with Crippen LogP contribution in [-0.2, 0) is 0 Å². The van der Waals surface area contributed by atoms with Crippen molar-refractivity contribution in [3.63, 3.8) is 0 Å². The van der Waals surface area contributed by atoms with E-state index in [1.807, 2.05) is 19.2 Å². The summed E-state index contributed by atoms with van der Waals surface area (Å²) in [5.74, 6) is 0.860. The van der Waals surface area contributed by atoms with Crippen molar-refractivity contribution in [3.8, 4) is 0 Å². The number of anilines is 1. The summed E-state index contributed by atoms with van der Waals surface area (Å²) in [5.41, 5.74) is 7.13. The highest BCUT2D eigenvalue weighted by atomic mass is 15.3. The lowest BCUT2D eigenvalue weighted by molar-refractivity contribution is 0.257. The number of hydrogen-bond acceptors (Lipinski definition) is 4. The van der Waals surface area contributed by atoms with Crippen LogP contribution in [0.3, 0.4) is 0 Å². The molecule has 4 nitrogen and oxygen atoms in total. The van der Waals surface area contributed by atoms with Crippen LogP contribution >= 0.6 is 0 Å². The Bertz CT molecular complexity index is 356. The van der Waals surface area contributed by atoms with E-state index >= 15 is 0 Å². The molecule has 0 unspecified atom stereocenters. The molecule has 1 aliphatic heterocycles. The second-order valence-corrected chi connectivity index (χ2v) is 5.00. The number of aromatic nitrogens is 2. The number of rotatable bonds is 2. The molecule has 0 saturated carbocycles. The van der Waals surface area contributed by atoms with Crippen LogP contribution in [0, 0.1) is 12.3 Å². The summed E-state index contributed by atoms with van der Waals surface area (Å²) in [4.78, 5) is 11.0. The van der Waals surface area contributed by atoms with E-state index in [2.05, 4.69) is 21.8 Å². The fourth-order valence-electron chi connectivity index (χ4n) is 2.04. The number of hydrogen-bond donors (Lipinski definition) is 1. The molecule has 4 heteroatoms. The molecular formula is C12H20N4. The highest BCUT2D eigenvalue weighted by Crippen LogP contribution is 2.30. The van der Waals surface area contributed by atoms with Gasteiger partial charge in [0.05, 0.1) is 0 Å². The van der Waals surface area contributed by atoms with Gasteiger partial charge >= 0.3 is 0 Å². The van der Waals surface area contributed by atoms with E-state index in [0.717, 1.165) is 44.1 Å². The van der Waals surface area contributed by atoms with Crippen molar-refractivity contribution < 1.29 is 0 Å². The molecule has 88 valence electrons. The first kappa shape index (κ1) is 11.3. The molecule has 0 amide bonds. The normalized spacial score (nSPS) is 19.8. The minimum atomic E-state index is 0.306. The molecule has 2 N–H and O–H groups in total. The molecule has 0 radical (unpaired) electrons. The lowest BCUT2D eigenvalue weighted by Crippen LogP contribution is -2.42. The maximum atomic E-state index is 5.80. The van der Waals surface area contributed by atoms with Crippen molar-refractivity contribution in [2.45, 2.75) is 26.7 Å². The van der Waals surface area contributed by atoms with Crippen molar-refractivity contribution in [1.82, 2.24) is 9.97 Å². The second kappa shape index (κ2) is 4.37. The highest BCUT2D eigenvalue weighted by Gasteiger charge is 2.29. The number of aryl methyl sites for hydroxylation is 1. The zero-order chi connectivity index (χ0) is 11.6. The molecule has 1 aromatic rings. The van der Waals surface area contributed by atoms with Crippen LogP contribution in [0.4, 0.5) is 5.95 Å². The van der Waals surface area contributed by atoms with Crippen LogP contribution in [0.1, 0.15) is 25.5 Å². The number of nitrogens with two attached hydrogens (primary N) is 1. The van der Waals surface area contributed by atoms with Crippen LogP contribution in [0.5, 0.6) is 0 Å². The smallest absolute Gasteiger partial charge is 0.225 e. The molecule has 0 aliphatic carbocycles. The SMILES string of the molecule is Cc1ccnc(N2CCC(C)(CN)CC2)n1. The third-order valence-corrected chi connectivity index (χ3v) is 3.53. The zero-order valence-electron chi connectivity index (χ0n) is 10.1. The van der Waals surface area contributed by atoms with Crippen LogP contribution in [0.2, 0.25) is 0 Å². The Kier molecular flexibility index (Phi) is 3.10. The molecule has 1 aromatic heterocycles. The van der Waals surface area contributed by atoms with Gasteiger partial charge in [0.15, 0.2) is 0 Å². The quantitative estimate of drug-likeness (QED) is 0.817. The standard InChI is InChI=1S/C12H20N4/c1-10-3-6-14-11(15-10)16-7-4-12(2,9-13)5-8-16/h3,6H,4-5,7-9,13H2,1-2H3.